The smallest absolute Gasteiger partial charge is 0.252 e. The van der Waals surface area contributed by atoms with Crippen LogP contribution in [0.15, 0.2) is 10.9 Å². The normalized spacial score (nSPS) is 29.7. The molecule has 4 nitrogen and oxygen atoms in total. The Morgan fingerprint density at radius 3 is 3.00 bits per heavy atom. The average Bonchev–Trinajstić information content (AvgIpc) is 2.97. The number of hydrogen-bond acceptors (Lipinski definition) is 3. The first-order chi connectivity index (χ1) is 8.74. The first-order valence-electron chi connectivity index (χ1n) is 7.08. The van der Waals surface area contributed by atoms with Gasteiger partial charge < -0.3 is 10.3 Å². The van der Waals surface area contributed by atoms with Crippen molar-refractivity contribution in [3.63, 3.8) is 0 Å². The van der Waals surface area contributed by atoms with E-state index in [0.717, 1.165) is 42.4 Å². The van der Waals surface area contributed by atoms with Gasteiger partial charge in [0.25, 0.3) is 5.56 Å². The Bertz CT molecular complexity index is 482. The van der Waals surface area contributed by atoms with Crippen LogP contribution >= 0.6 is 0 Å². The molecule has 3 rings (SSSR count). The van der Waals surface area contributed by atoms with Crippen molar-refractivity contribution in [2.45, 2.75) is 39.0 Å². The largest absolute Gasteiger partial charge is 0.370 e. The van der Waals surface area contributed by atoms with Crippen molar-refractivity contribution in [3.05, 3.63) is 22.2 Å². The summed E-state index contributed by atoms with van der Waals surface area (Å²) in [4.78, 5) is 18.6. The van der Waals surface area contributed by atoms with Gasteiger partial charge in [-0.05, 0) is 37.0 Å². The third-order valence-electron chi connectivity index (χ3n) is 4.56. The number of aromatic amines is 1. The SMILES string of the molecule is CCc1nc(NCC2CC3CCC2C3)cc(=O)[nH]1. The van der Waals surface area contributed by atoms with Gasteiger partial charge in [-0.15, -0.1) is 0 Å². The van der Waals surface area contributed by atoms with Crippen molar-refractivity contribution in [1.29, 1.82) is 0 Å². The lowest BCUT2D eigenvalue weighted by atomic mass is 9.89. The van der Waals surface area contributed by atoms with Crippen LogP contribution in [-0.2, 0) is 6.42 Å². The first-order valence-corrected chi connectivity index (χ1v) is 7.08. The summed E-state index contributed by atoms with van der Waals surface area (Å²) in [6, 6.07) is 1.56. The summed E-state index contributed by atoms with van der Waals surface area (Å²) in [7, 11) is 0. The minimum atomic E-state index is -0.0581. The summed E-state index contributed by atoms with van der Waals surface area (Å²) in [6.45, 7) is 2.97. The third-order valence-corrected chi connectivity index (χ3v) is 4.56. The molecule has 18 heavy (non-hydrogen) atoms. The van der Waals surface area contributed by atoms with Crippen LogP contribution in [0.1, 0.15) is 38.4 Å². The minimum Gasteiger partial charge on any atom is -0.370 e. The van der Waals surface area contributed by atoms with E-state index in [1.807, 2.05) is 6.92 Å². The van der Waals surface area contributed by atoms with E-state index >= 15 is 0 Å². The molecule has 3 unspecified atom stereocenters. The highest BCUT2D eigenvalue weighted by Crippen LogP contribution is 2.48. The molecular formula is C14H21N3O. The van der Waals surface area contributed by atoms with Crippen LogP contribution in [0.3, 0.4) is 0 Å². The molecule has 1 aromatic rings. The van der Waals surface area contributed by atoms with E-state index in [1.165, 1.54) is 25.7 Å². The molecule has 2 aliphatic rings. The van der Waals surface area contributed by atoms with Gasteiger partial charge in [-0.25, -0.2) is 4.98 Å². The molecular weight excluding hydrogens is 226 g/mol. The quantitative estimate of drug-likeness (QED) is 0.857. The van der Waals surface area contributed by atoms with Gasteiger partial charge in [-0.2, -0.15) is 0 Å². The zero-order valence-corrected chi connectivity index (χ0v) is 10.9. The van der Waals surface area contributed by atoms with Gasteiger partial charge in [0, 0.05) is 19.0 Å². The molecule has 2 fully saturated rings. The molecule has 0 amide bonds. The van der Waals surface area contributed by atoms with E-state index in [4.69, 9.17) is 0 Å². The maximum Gasteiger partial charge on any atom is 0.252 e. The summed E-state index contributed by atoms with van der Waals surface area (Å²) in [5.41, 5.74) is -0.0581. The predicted octanol–water partition coefficient (Wildman–Crippen LogP) is 2.18. The van der Waals surface area contributed by atoms with Crippen molar-refractivity contribution in [1.82, 2.24) is 9.97 Å². The molecule has 0 radical (unpaired) electrons. The fourth-order valence-electron chi connectivity index (χ4n) is 3.63. The highest BCUT2D eigenvalue weighted by molar-refractivity contribution is 5.33. The molecule has 2 aliphatic carbocycles. The standard InChI is InChI=1S/C14H21N3O/c1-2-12-16-13(7-14(18)17-12)15-8-11-6-9-3-4-10(11)5-9/h7,9-11H,2-6,8H2,1H3,(H2,15,16,17,18). The van der Waals surface area contributed by atoms with Crippen molar-refractivity contribution in [2.24, 2.45) is 17.8 Å². The van der Waals surface area contributed by atoms with Crippen molar-refractivity contribution >= 4 is 5.82 Å². The lowest BCUT2D eigenvalue weighted by Gasteiger charge is -2.22. The second-order valence-electron chi connectivity index (χ2n) is 5.75. The zero-order valence-electron chi connectivity index (χ0n) is 10.9. The summed E-state index contributed by atoms with van der Waals surface area (Å²) in [5.74, 6) is 4.17. The fraction of sp³-hybridized carbons (Fsp3) is 0.714. The number of fused-ring (bicyclic) bond motifs is 2. The Labute approximate surface area is 107 Å². The summed E-state index contributed by atoms with van der Waals surface area (Å²) in [6.07, 6.45) is 6.39. The van der Waals surface area contributed by atoms with E-state index in [1.54, 1.807) is 6.07 Å². The maximum absolute atomic E-state index is 11.5. The average molecular weight is 247 g/mol. The number of aryl methyl sites for hydroxylation is 1. The lowest BCUT2D eigenvalue weighted by molar-refractivity contribution is 0.348. The van der Waals surface area contributed by atoms with E-state index in [0.29, 0.717) is 0 Å². The van der Waals surface area contributed by atoms with Gasteiger partial charge in [0.05, 0.1) is 0 Å². The lowest BCUT2D eigenvalue weighted by Crippen LogP contribution is -2.22. The topological polar surface area (TPSA) is 57.8 Å². The van der Waals surface area contributed by atoms with Crippen molar-refractivity contribution in [3.8, 4) is 0 Å². The molecule has 0 aromatic carbocycles. The molecule has 4 heteroatoms. The fourth-order valence-corrected chi connectivity index (χ4v) is 3.63. The Morgan fingerprint density at radius 2 is 2.33 bits per heavy atom. The number of hydrogen-bond donors (Lipinski definition) is 2. The van der Waals surface area contributed by atoms with E-state index in [-0.39, 0.29) is 5.56 Å². The first kappa shape index (κ1) is 11.8. The van der Waals surface area contributed by atoms with E-state index in [2.05, 4.69) is 15.3 Å². The zero-order chi connectivity index (χ0) is 12.5. The summed E-state index contributed by atoms with van der Waals surface area (Å²) in [5, 5.41) is 3.36. The molecule has 2 N–H and O–H groups in total. The number of nitrogens with zero attached hydrogens (tertiary/aromatic N) is 1. The Hall–Kier alpha value is -1.32. The molecule has 2 bridgehead atoms. The Morgan fingerprint density at radius 1 is 1.44 bits per heavy atom. The summed E-state index contributed by atoms with van der Waals surface area (Å²) < 4.78 is 0. The van der Waals surface area contributed by atoms with Crippen LogP contribution in [0.2, 0.25) is 0 Å². The van der Waals surface area contributed by atoms with Crippen LogP contribution in [0.5, 0.6) is 0 Å². The van der Waals surface area contributed by atoms with Crippen LogP contribution < -0.4 is 10.9 Å². The molecule has 0 spiro atoms. The number of rotatable bonds is 4. The van der Waals surface area contributed by atoms with Gasteiger partial charge in [0.1, 0.15) is 11.6 Å². The van der Waals surface area contributed by atoms with Crippen LogP contribution in [-0.4, -0.2) is 16.5 Å². The number of anilines is 1. The molecule has 3 atom stereocenters. The molecule has 0 saturated heterocycles. The minimum absolute atomic E-state index is 0.0581. The second kappa shape index (κ2) is 4.75. The summed E-state index contributed by atoms with van der Waals surface area (Å²) >= 11 is 0. The Kier molecular flexibility index (Phi) is 3.10. The molecule has 1 aromatic heterocycles. The van der Waals surface area contributed by atoms with Gasteiger partial charge in [-0.3, -0.25) is 4.79 Å². The van der Waals surface area contributed by atoms with Crippen molar-refractivity contribution < 1.29 is 0 Å². The highest BCUT2D eigenvalue weighted by Gasteiger charge is 2.39. The van der Waals surface area contributed by atoms with Gasteiger partial charge in [0.15, 0.2) is 0 Å². The van der Waals surface area contributed by atoms with E-state index in [9.17, 15) is 4.79 Å². The highest BCUT2D eigenvalue weighted by atomic mass is 16.1. The Balaban J connectivity index is 1.63. The van der Waals surface area contributed by atoms with E-state index < -0.39 is 0 Å². The molecule has 1 heterocycles. The van der Waals surface area contributed by atoms with Crippen LogP contribution in [0.25, 0.3) is 0 Å². The van der Waals surface area contributed by atoms with Crippen molar-refractivity contribution in [2.75, 3.05) is 11.9 Å². The maximum atomic E-state index is 11.5. The number of nitrogens with one attached hydrogen (secondary N) is 2. The molecule has 0 aliphatic heterocycles. The monoisotopic (exact) mass is 247 g/mol. The second-order valence-corrected chi connectivity index (χ2v) is 5.75. The number of H-pyrrole nitrogens is 1. The molecule has 98 valence electrons. The van der Waals surface area contributed by atoms with Crippen LogP contribution in [0.4, 0.5) is 5.82 Å². The molecule has 2 saturated carbocycles. The third kappa shape index (κ3) is 2.28. The number of aromatic nitrogens is 2. The van der Waals surface area contributed by atoms with Crippen LogP contribution in [0, 0.1) is 17.8 Å². The van der Waals surface area contributed by atoms with Gasteiger partial charge in [-0.1, -0.05) is 13.3 Å². The van der Waals surface area contributed by atoms with Gasteiger partial charge >= 0.3 is 0 Å². The van der Waals surface area contributed by atoms with Gasteiger partial charge in [0.2, 0.25) is 0 Å². The predicted molar refractivity (Wildman–Crippen MR) is 71.7 cm³/mol.